The van der Waals surface area contributed by atoms with E-state index in [1.165, 1.54) is 0 Å². The van der Waals surface area contributed by atoms with Crippen LogP contribution in [0.1, 0.15) is 0 Å². The van der Waals surface area contributed by atoms with Crippen molar-refractivity contribution in [2.75, 3.05) is 53.9 Å². The Hall–Kier alpha value is -0.680. The smallest absolute Gasteiger partial charge is 0.0701 e. The fourth-order valence-electron chi connectivity index (χ4n) is 0.606. The maximum Gasteiger partial charge on any atom is 0.0701 e. The van der Waals surface area contributed by atoms with Gasteiger partial charge in [0.25, 0.3) is 0 Å². The molecule has 0 spiro atoms. The third kappa shape index (κ3) is 29.2. The Balaban J connectivity index is -0.000000376. The van der Waals surface area contributed by atoms with Gasteiger partial charge in [-0.2, -0.15) is 0 Å². The third-order valence-corrected chi connectivity index (χ3v) is 1.24. The molecule has 0 aromatic carbocycles. The van der Waals surface area contributed by atoms with E-state index in [1.54, 1.807) is 14.2 Å². The maximum absolute atomic E-state index is 5.16. The molecule has 0 aromatic heterocycles. The van der Waals surface area contributed by atoms with Gasteiger partial charge in [0.15, 0.2) is 0 Å². The first-order valence-electron chi connectivity index (χ1n) is 5.05. The van der Waals surface area contributed by atoms with Gasteiger partial charge in [0.05, 0.1) is 39.6 Å². The quantitative estimate of drug-likeness (QED) is 0.451. The summed E-state index contributed by atoms with van der Waals surface area (Å²) in [4.78, 5) is 0. The summed E-state index contributed by atoms with van der Waals surface area (Å²) in [6, 6.07) is 0. The van der Waals surface area contributed by atoms with Crippen LogP contribution in [-0.4, -0.2) is 53.9 Å². The van der Waals surface area contributed by atoms with E-state index >= 15 is 0 Å². The Kier molecular flexibility index (Phi) is 37.8. The van der Waals surface area contributed by atoms with Crippen LogP contribution in [0.15, 0.2) is 26.3 Å². The van der Waals surface area contributed by atoms with Crippen molar-refractivity contribution in [1.82, 2.24) is 0 Å². The number of methoxy groups -OCH3 is 2. The Bertz CT molecular complexity index is 87.0. The Morgan fingerprint density at radius 3 is 1.06 bits per heavy atom. The lowest BCUT2D eigenvalue weighted by molar-refractivity contribution is 0.0106. The molecule has 0 rings (SSSR count). The minimum atomic E-state index is 0.618. The van der Waals surface area contributed by atoms with E-state index in [9.17, 15) is 0 Å². The second kappa shape index (κ2) is 29.2. The van der Waals surface area contributed by atoms with Crippen molar-refractivity contribution in [1.29, 1.82) is 0 Å². The molecule has 0 unspecified atom stereocenters. The van der Waals surface area contributed by atoms with Gasteiger partial charge in [-0.25, -0.2) is 0 Å². The van der Waals surface area contributed by atoms with E-state index < -0.39 is 0 Å². The van der Waals surface area contributed by atoms with Crippen LogP contribution in [0.25, 0.3) is 0 Å². The van der Waals surface area contributed by atoms with Crippen molar-refractivity contribution >= 4 is 0 Å². The lowest BCUT2D eigenvalue weighted by Gasteiger charge is -2.04. The number of hydrogen-bond donors (Lipinski definition) is 0. The topological polar surface area (TPSA) is 36.9 Å². The van der Waals surface area contributed by atoms with Gasteiger partial charge in [-0.05, 0) is 0 Å². The normalized spacial score (nSPS) is 8.38. The lowest BCUT2D eigenvalue weighted by atomic mass is 10.7. The molecule has 0 amide bonds. The van der Waals surface area contributed by atoms with Crippen molar-refractivity contribution in [3.8, 4) is 0 Å². The molecule has 4 heteroatoms. The van der Waals surface area contributed by atoms with Gasteiger partial charge >= 0.3 is 0 Å². The predicted octanol–water partition coefficient (Wildman–Crippen LogP) is 1.92. The fourth-order valence-corrected chi connectivity index (χ4v) is 0.606. The molecule has 0 saturated carbocycles. The third-order valence-electron chi connectivity index (χ3n) is 1.24. The van der Waals surface area contributed by atoms with Crippen LogP contribution < -0.4 is 0 Å². The molecular formula is C12H26O4. The fraction of sp³-hybridized carbons (Fsp3) is 0.667. The summed E-state index contributed by atoms with van der Waals surface area (Å²) in [7, 11) is 3.30. The van der Waals surface area contributed by atoms with Gasteiger partial charge < -0.3 is 18.9 Å². The average molecular weight is 234 g/mol. The molecular weight excluding hydrogens is 208 g/mol. The molecule has 0 aliphatic carbocycles. The maximum atomic E-state index is 5.16. The van der Waals surface area contributed by atoms with Crippen LogP contribution in [0.2, 0.25) is 0 Å². The molecule has 4 nitrogen and oxygen atoms in total. The number of ether oxygens (including phenoxy) is 4. The summed E-state index contributed by atoms with van der Waals surface area (Å²) < 4.78 is 19.9. The molecule has 0 heterocycles. The Morgan fingerprint density at radius 2 is 0.812 bits per heavy atom. The highest BCUT2D eigenvalue weighted by atomic mass is 16.5. The second-order valence-corrected chi connectivity index (χ2v) is 2.21. The van der Waals surface area contributed by atoms with E-state index in [0.717, 1.165) is 0 Å². The van der Waals surface area contributed by atoms with Crippen LogP contribution in [0.3, 0.4) is 0 Å². The van der Waals surface area contributed by atoms with Gasteiger partial charge in [-0.1, -0.05) is 0 Å². The van der Waals surface area contributed by atoms with Crippen LogP contribution >= 0.6 is 0 Å². The minimum Gasteiger partial charge on any atom is -0.382 e. The van der Waals surface area contributed by atoms with Crippen LogP contribution in [-0.2, 0) is 18.9 Å². The molecule has 0 aromatic rings. The Labute approximate surface area is 99.8 Å². The molecule has 0 bridgehead atoms. The van der Waals surface area contributed by atoms with E-state index in [2.05, 4.69) is 26.3 Å². The zero-order chi connectivity index (χ0) is 13.1. The molecule has 16 heavy (non-hydrogen) atoms. The highest BCUT2D eigenvalue weighted by Crippen LogP contribution is 1.79. The van der Waals surface area contributed by atoms with E-state index in [0.29, 0.717) is 39.6 Å². The monoisotopic (exact) mass is 234 g/mol. The second-order valence-electron chi connectivity index (χ2n) is 2.21. The molecule has 0 aliphatic rings. The first-order valence-corrected chi connectivity index (χ1v) is 5.05. The SMILES string of the molecule is C=C.C=C.COCCOCCOCCOC. The number of rotatable bonds is 9. The van der Waals surface area contributed by atoms with Crippen molar-refractivity contribution in [2.24, 2.45) is 0 Å². The zero-order valence-corrected chi connectivity index (χ0v) is 10.7. The summed E-state index contributed by atoms with van der Waals surface area (Å²) >= 11 is 0. The molecule has 0 radical (unpaired) electrons. The van der Waals surface area contributed by atoms with Crippen LogP contribution in [0.4, 0.5) is 0 Å². The van der Waals surface area contributed by atoms with E-state index in [4.69, 9.17) is 18.9 Å². The Morgan fingerprint density at radius 1 is 0.562 bits per heavy atom. The summed E-state index contributed by atoms with van der Waals surface area (Å²) in [5.74, 6) is 0. The van der Waals surface area contributed by atoms with E-state index in [-0.39, 0.29) is 0 Å². The molecule has 0 saturated heterocycles. The molecule has 0 aliphatic heterocycles. The van der Waals surface area contributed by atoms with Crippen molar-refractivity contribution in [3.63, 3.8) is 0 Å². The van der Waals surface area contributed by atoms with Crippen molar-refractivity contribution in [2.45, 2.75) is 0 Å². The zero-order valence-electron chi connectivity index (χ0n) is 10.7. The summed E-state index contributed by atoms with van der Waals surface area (Å²) in [5.41, 5.74) is 0. The van der Waals surface area contributed by atoms with Gasteiger partial charge in [0, 0.05) is 14.2 Å². The summed E-state index contributed by atoms with van der Waals surface area (Å²) in [5, 5.41) is 0. The summed E-state index contributed by atoms with van der Waals surface area (Å²) in [6.45, 7) is 15.8. The minimum absolute atomic E-state index is 0.618. The van der Waals surface area contributed by atoms with Crippen molar-refractivity contribution in [3.05, 3.63) is 26.3 Å². The van der Waals surface area contributed by atoms with Gasteiger partial charge in [-0.3, -0.25) is 0 Å². The predicted molar refractivity (Wildman–Crippen MR) is 67.9 cm³/mol. The largest absolute Gasteiger partial charge is 0.382 e. The standard InChI is InChI=1S/C8H18O4.2C2H4/c1-9-3-5-11-7-8-12-6-4-10-2;2*1-2/h3-8H2,1-2H3;2*1-2H2. The average Bonchev–Trinajstić information content (AvgIpc) is 2.38. The molecule has 98 valence electrons. The van der Waals surface area contributed by atoms with Crippen molar-refractivity contribution < 1.29 is 18.9 Å². The van der Waals surface area contributed by atoms with E-state index in [1.807, 2.05) is 0 Å². The lowest BCUT2D eigenvalue weighted by Crippen LogP contribution is -2.10. The molecule has 0 atom stereocenters. The van der Waals surface area contributed by atoms with Crippen LogP contribution in [0.5, 0.6) is 0 Å². The van der Waals surface area contributed by atoms with Crippen LogP contribution in [0, 0.1) is 0 Å². The highest BCUT2D eigenvalue weighted by Gasteiger charge is 1.88. The number of hydrogen-bond acceptors (Lipinski definition) is 4. The first-order chi connectivity index (χ1) is 7.91. The highest BCUT2D eigenvalue weighted by molar-refractivity contribution is 4.32. The molecule has 0 N–H and O–H groups in total. The van der Waals surface area contributed by atoms with Gasteiger partial charge in [0.1, 0.15) is 0 Å². The van der Waals surface area contributed by atoms with Gasteiger partial charge in [0.2, 0.25) is 0 Å². The first kappa shape index (κ1) is 20.7. The summed E-state index contributed by atoms with van der Waals surface area (Å²) in [6.07, 6.45) is 0. The molecule has 0 fully saturated rings. The van der Waals surface area contributed by atoms with Gasteiger partial charge in [-0.15, -0.1) is 26.3 Å².